The molecule has 2 fully saturated rings. The van der Waals surface area contributed by atoms with Crippen molar-refractivity contribution < 1.29 is 29.0 Å². The van der Waals surface area contributed by atoms with Crippen LogP contribution in [0.5, 0.6) is 0 Å². The summed E-state index contributed by atoms with van der Waals surface area (Å²) in [7, 11) is 1.24. The molecule has 4 atom stereocenters. The summed E-state index contributed by atoms with van der Waals surface area (Å²) in [5.74, 6) is -1.15. The number of allylic oxidation sites excluding steroid dienone is 1. The van der Waals surface area contributed by atoms with E-state index < -0.39 is 35.7 Å². The van der Waals surface area contributed by atoms with Crippen molar-refractivity contribution in [1.82, 2.24) is 10.2 Å². The van der Waals surface area contributed by atoms with Crippen LogP contribution in [0.2, 0.25) is 0 Å². The van der Waals surface area contributed by atoms with Gasteiger partial charge in [-0.25, -0.2) is 9.59 Å². The minimum absolute atomic E-state index is 0.0275. The lowest BCUT2D eigenvalue weighted by atomic mass is 10.1. The highest BCUT2D eigenvalue weighted by Gasteiger charge is 2.61. The van der Waals surface area contributed by atoms with Crippen LogP contribution >= 0.6 is 0 Å². The van der Waals surface area contributed by atoms with Crippen LogP contribution in [0.25, 0.3) is 0 Å². The minimum atomic E-state index is -1.15. The van der Waals surface area contributed by atoms with Gasteiger partial charge in [0.1, 0.15) is 11.6 Å². The average molecular weight is 338 g/mol. The number of likely N-dealkylation sites (tertiary alicyclic amines) is 1. The van der Waals surface area contributed by atoms with Crippen molar-refractivity contribution in [2.24, 2.45) is 5.92 Å². The van der Waals surface area contributed by atoms with Crippen molar-refractivity contribution in [2.45, 2.75) is 37.5 Å². The number of nitrogens with zero attached hydrogens (tertiary/aromatic N) is 1. The lowest BCUT2D eigenvalue weighted by Crippen LogP contribution is -2.53. The number of methoxy groups -OCH3 is 1. The van der Waals surface area contributed by atoms with Gasteiger partial charge in [-0.2, -0.15) is 0 Å². The highest BCUT2D eigenvalue weighted by molar-refractivity contribution is 5.94. The van der Waals surface area contributed by atoms with E-state index in [1.165, 1.54) is 14.0 Å². The number of carbonyl (C=O) groups excluding carboxylic acids is 3. The van der Waals surface area contributed by atoms with Gasteiger partial charge in [-0.15, -0.1) is 6.58 Å². The molecule has 0 aromatic rings. The summed E-state index contributed by atoms with van der Waals surface area (Å²) < 4.78 is 9.67. The second kappa shape index (κ2) is 6.64. The lowest BCUT2D eigenvalue weighted by Gasteiger charge is -2.25. The second-order valence-electron chi connectivity index (χ2n) is 6.13. The normalized spacial score (nSPS) is 31.1. The van der Waals surface area contributed by atoms with Gasteiger partial charge in [0.25, 0.3) is 0 Å². The molecule has 1 heterocycles. The monoisotopic (exact) mass is 338 g/mol. The molecule has 0 bridgehead atoms. The van der Waals surface area contributed by atoms with Gasteiger partial charge in [-0.3, -0.25) is 9.69 Å². The third kappa shape index (κ3) is 3.28. The molecule has 2 amide bonds. The molecule has 8 heteroatoms. The van der Waals surface area contributed by atoms with Crippen molar-refractivity contribution in [3.8, 4) is 0 Å². The third-order valence-corrected chi connectivity index (χ3v) is 4.27. The Morgan fingerprint density at radius 1 is 1.42 bits per heavy atom. The van der Waals surface area contributed by atoms with Gasteiger partial charge in [0, 0.05) is 12.3 Å². The maximum atomic E-state index is 12.6. The molecule has 1 aliphatic heterocycles. The molecule has 1 saturated heterocycles. The van der Waals surface area contributed by atoms with Crippen molar-refractivity contribution in [3.63, 3.8) is 0 Å². The van der Waals surface area contributed by atoms with E-state index in [2.05, 4.69) is 18.5 Å². The summed E-state index contributed by atoms with van der Waals surface area (Å²) in [5.41, 5.74) is -1.15. The Balaban J connectivity index is 2.12. The predicted molar refractivity (Wildman–Crippen MR) is 83.6 cm³/mol. The Hall–Kier alpha value is -2.35. The molecule has 2 N–H and O–H groups in total. The van der Waals surface area contributed by atoms with Crippen molar-refractivity contribution in [1.29, 1.82) is 0 Å². The molecule has 1 aliphatic carbocycles. The summed E-state index contributed by atoms with van der Waals surface area (Å²) >= 11 is 0. The Kier molecular flexibility index (Phi) is 4.98. The number of aliphatic hydroxyl groups is 1. The number of esters is 1. The summed E-state index contributed by atoms with van der Waals surface area (Å²) in [6.07, 6.45) is 0.422. The van der Waals surface area contributed by atoms with Crippen molar-refractivity contribution >= 4 is 18.0 Å². The molecular weight excluding hydrogens is 316 g/mol. The van der Waals surface area contributed by atoms with E-state index in [4.69, 9.17) is 9.47 Å². The number of carbonyl (C=O) groups is 3. The number of amides is 2. The summed E-state index contributed by atoms with van der Waals surface area (Å²) in [5, 5.41) is 12.5. The molecule has 8 nitrogen and oxygen atoms in total. The van der Waals surface area contributed by atoms with Gasteiger partial charge in [0.05, 0.1) is 25.5 Å². The number of nitrogens with one attached hydrogen (secondary N) is 1. The quantitative estimate of drug-likeness (QED) is 0.425. The van der Waals surface area contributed by atoms with E-state index in [0.717, 1.165) is 4.90 Å². The largest absolute Gasteiger partial charge is 0.467 e. The standard InChI is InChI=1S/C16H22N2O6/c1-5-10-7-16(10,14(21)23-4)17-13(20)12-6-11(19)8-18(12)15(22)24-9(2)3/h5,10-12,19H,1-2,6-8H2,3-4H3,(H,17,20)/t10-,11?,12+,16-/m1/s1. The Labute approximate surface area is 140 Å². The topological polar surface area (TPSA) is 105 Å². The van der Waals surface area contributed by atoms with Crippen LogP contribution < -0.4 is 5.32 Å². The highest BCUT2D eigenvalue weighted by atomic mass is 16.6. The molecule has 1 saturated carbocycles. The zero-order valence-electron chi connectivity index (χ0n) is 13.8. The number of β-amino-alcohol motifs (C(OH)–C–C–N with tert-alkyl or cyclic N) is 1. The van der Waals surface area contributed by atoms with E-state index in [1.54, 1.807) is 6.08 Å². The number of rotatable bonds is 5. The van der Waals surface area contributed by atoms with E-state index in [9.17, 15) is 19.5 Å². The van der Waals surface area contributed by atoms with Gasteiger partial charge in [0.2, 0.25) is 5.91 Å². The molecule has 132 valence electrons. The van der Waals surface area contributed by atoms with Crippen LogP contribution in [-0.2, 0) is 19.1 Å². The number of hydrogen-bond donors (Lipinski definition) is 2. The first kappa shape index (κ1) is 18.0. The zero-order chi connectivity index (χ0) is 18.1. The molecular formula is C16H22N2O6. The molecule has 24 heavy (non-hydrogen) atoms. The van der Waals surface area contributed by atoms with E-state index in [-0.39, 0.29) is 24.6 Å². The Morgan fingerprint density at radius 2 is 2.08 bits per heavy atom. The smallest absolute Gasteiger partial charge is 0.415 e. The van der Waals surface area contributed by atoms with Gasteiger partial charge in [0.15, 0.2) is 0 Å². The maximum absolute atomic E-state index is 12.6. The lowest BCUT2D eigenvalue weighted by molar-refractivity contribution is -0.147. The van der Waals surface area contributed by atoms with Gasteiger partial charge in [-0.1, -0.05) is 12.7 Å². The van der Waals surface area contributed by atoms with Crippen molar-refractivity contribution in [3.05, 3.63) is 25.0 Å². The molecule has 1 unspecified atom stereocenters. The van der Waals surface area contributed by atoms with Crippen LogP contribution in [0, 0.1) is 5.92 Å². The molecule has 0 radical (unpaired) electrons. The number of hydrogen-bond acceptors (Lipinski definition) is 6. The second-order valence-corrected chi connectivity index (χ2v) is 6.13. The SMILES string of the molecule is C=C[C@@H]1C[C@]1(NC(=O)[C@@H]1CC(O)CN1C(=O)OC(=C)C)C(=O)OC. The molecule has 0 spiro atoms. The van der Waals surface area contributed by atoms with E-state index >= 15 is 0 Å². The van der Waals surface area contributed by atoms with E-state index in [0.29, 0.717) is 6.42 Å². The molecule has 0 aromatic heterocycles. The van der Waals surface area contributed by atoms with Crippen LogP contribution in [-0.4, -0.2) is 59.3 Å². The molecule has 2 aliphatic rings. The molecule has 2 rings (SSSR count). The van der Waals surface area contributed by atoms with Gasteiger partial charge >= 0.3 is 12.1 Å². The predicted octanol–water partition coefficient (Wildman–Crippen LogP) is 0.326. The average Bonchev–Trinajstić information content (AvgIpc) is 3.08. The Morgan fingerprint density at radius 3 is 2.58 bits per heavy atom. The minimum Gasteiger partial charge on any atom is -0.467 e. The van der Waals surface area contributed by atoms with Crippen LogP contribution in [0.15, 0.2) is 25.0 Å². The maximum Gasteiger partial charge on any atom is 0.415 e. The summed E-state index contributed by atoms with van der Waals surface area (Å²) in [6, 6.07) is -0.931. The third-order valence-electron chi connectivity index (χ3n) is 4.27. The first-order valence-corrected chi connectivity index (χ1v) is 7.60. The number of ether oxygens (including phenoxy) is 2. The van der Waals surface area contributed by atoms with Gasteiger partial charge < -0.3 is 19.9 Å². The fourth-order valence-electron chi connectivity index (χ4n) is 2.96. The van der Waals surface area contributed by atoms with Crippen LogP contribution in [0.1, 0.15) is 19.8 Å². The number of aliphatic hydroxyl groups excluding tert-OH is 1. The fraction of sp³-hybridized carbons (Fsp3) is 0.562. The molecule has 0 aromatic carbocycles. The van der Waals surface area contributed by atoms with Crippen molar-refractivity contribution in [2.75, 3.05) is 13.7 Å². The van der Waals surface area contributed by atoms with Crippen LogP contribution in [0.4, 0.5) is 4.79 Å². The summed E-state index contributed by atoms with van der Waals surface area (Å²) in [6.45, 7) is 8.59. The van der Waals surface area contributed by atoms with Crippen LogP contribution in [0.3, 0.4) is 0 Å². The highest BCUT2D eigenvalue weighted by Crippen LogP contribution is 2.45. The Bertz CT molecular complexity index is 589. The first-order chi connectivity index (χ1) is 11.2. The zero-order valence-corrected chi connectivity index (χ0v) is 13.8. The first-order valence-electron chi connectivity index (χ1n) is 7.60. The van der Waals surface area contributed by atoms with E-state index in [1.807, 2.05) is 0 Å². The summed E-state index contributed by atoms with van der Waals surface area (Å²) in [4.78, 5) is 37.8. The fourth-order valence-corrected chi connectivity index (χ4v) is 2.96. The van der Waals surface area contributed by atoms with Gasteiger partial charge in [-0.05, 0) is 13.3 Å².